The summed E-state index contributed by atoms with van der Waals surface area (Å²) >= 11 is 0. The molecule has 0 aliphatic heterocycles. The zero-order valence-corrected chi connectivity index (χ0v) is 11.7. The minimum atomic E-state index is -4.90. The van der Waals surface area contributed by atoms with E-state index in [9.17, 15) is 22.4 Å². The van der Waals surface area contributed by atoms with Crippen LogP contribution >= 0.6 is 0 Å². The van der Waals surface area contributed by atoms with Crippen LogP contribution in [-0.2, 0) is 4.79 Å². The first-order chi connectivity index (χ1) is 10.8. The summed E-state index contributed by atoms with van der Waals surface area (Å²) in [4.78, 5) is 11.1. The second kappa shape index (κ2) is 6.68. The highest BCUT2D eigenvalue weighted by Crippen LogP contribution is 2.36. The van der Waals surface area contributed by atoms with Crippen molar-refractivity contribution in [1.82, 2.24) is 0 Å². The van der Waals surface area contributed by atoms with Gasteiger partial charge in [0.2, 0.25) is 0 Å². The van der Waals surface area contributed by atoms with Gasteiger partial charge in [-0.15, -0.1) is 13.2 Å². The molecule has 0 aliphatic carbocycles. The first kappa shape index (κ1) is 16.8. The van der Waals surface area contributed by atoms with Crippen LogP contribution in [0.25, 0.3) is 0 Å². The number of halogens is 4. The molecule has 0 unspecified atom stereocenters. The molecular formula is C16H12F4O3. The van der Waals surface area contributed by atoms with Crippen LogP contribution in [-0.4, -0.2) is 17.4 Å². The lowest BCUT2D eigenvalue weighted by molar-refractivity contribution is -0.274. The molecule has 0 saturated heterocycles. The van der Waals surface area contributed by atoms with Gasteiger partial charge < -0.3 is 9.84 Å². The van der Waals surface area contributed by atoms with E-state index in [4.69, 9.17) is 5.11 Å². The van der Waals surface area contributed by atoms with E-state index in [1.165, 1.54) is 30.3 Å². The highest BCUT2D eigenvalue weighted by atomic mass is 19.4. The zero-order chi connectivity index (χ0) is 17.0. The third-order valence-corrected chi connectivity index (χ3v) is 3.17. The summed E-state index contributed by atoms with van der Waals surface area (Å²) < 4.78 is 54.5. The maximum absolute atomic E-state index is 13.0. The average Bonchev–Trinajstić information content (AvgIpc) is 2.45. The van der Waals surface area contributed by atoms with Crippen LogP contribution in [0.3, 0.4) is 0 Å². The molecule has 0 aromatic heterocycles. The Balaban J connectivity index is 2.47. The molecule has 0 saturated carbocycles. The van der Waals surface area contributed by atoms with Gasteiger partial charge >= 0.3 is 12.3 Å². The molecule has 1 N–H and O–H groups in total. The summed E-state index contributed by atoms with van der Waals surface area (Å²) in [5.41, 5.74) is 0.450. The first-order valence-electron chi connectivity index (χ1n) is 6.58. The van der Waals surface area contributed by atoms with E-state index in [0.717, 1.165) is 18.2 Å². The standard InChI is InChI=1S/C16H12F4O3/c17-11-7-5-10(6-8-11)13(9-15(21)22)12-3-1-2-4-14(12)23-16(18,19)20/h1-8,13H,9H2,(H,21,22)/t13-/m0/s1. The predicted octanol–water partition coefficient (Wildman–Crippen LogP) is 4.33. The van der Waals surface area contributed by atoms with Gasteiger partial charge in [0.1, 0.15) is 11.6 Å². The Morgan fingerprint density at radius 1 is 1.09 bits per heavy atom. The number of hydrogen-bond donors (Lipinski definition) is 1. The van der Waals surface area contributed by atoms with Crippen molar-refractivity contribution < 1.29 is 32.2 Å². The average molecular weight is 328 g/mol. The third kappa shape index (κ3) is 4.70. The van der Waals surface area contributed by atoms with E-state index < -0.39 is 36.2 Å². The Bertz CT molecular complexity index is 680. The predicted molar refractivity (Wildman–Crippen MR) is 73.6 cm³/mol. The molecular weight excluding hydrogens is 316 g/mol. The molecule has 0 fully saturated rings. The molecule has 0 bridgehead atoms. The number of alkyl halides is 3. The summed E-state index contributed by atoms with van der Waals surface area (Å²) in [5.74, 6) is -3.09. The maximum Gasteiger partial charge on any atom is 0.573 e. The summed E-state index contributed by atoms with van der Waals surface area (Å²) in [6.07, 6.45) is -5.35. The van der Waals surface area contributed by atoms with Crippen molar-refractivity contribution in [3.8, 4) is 5.75 Å². The quantitative estimate of drug-likeness (QED) is 0.831. The minimum absolute atomic E-state index is 0.0684. The molecule has 3 nitrogen and oxygen atoms in total. The molecule has 0 spiro atoms. The van der Waals surface area contributed by atoms with Crippen LogP contribution in [0.4, 0.5) is 17.6 Å². The number of ether oxygens (including phenoxy) is 1. The molecule has 0 heterocycles. The van der Waals surface area contributed by atoms with Crippen LogP contribution in [0.2, 0.25) is 0 Å². The normalized spacial score (nSPS) is 12.7. The van der Waals surface area contributed by atoms with Crippen LogP contribution in [0, 0.1) is 5.82 Å². The molecule has 2 aromatic carbocycles. The fourth-order valence-corrected chi connectivity index (χ4v) is 2.26. The lowest BCUT2D eigenvalue weighted by Crippen LogP contribution is -2.19. The van der Waals surface area contributed by atoms with Gasteiger partial charge in [-0.25, -0.2) is 4.39 Å². The van der Waals surface area contributed by atoms with Gasteiger partial charge in [-0.3, -0.25) is 4.79 Å². The molecule has 2 aromatic rings. The molecule has 23 heavy (non-hydrogen) atoms. The van der Waals surface area contributed by atoms with E-state index in [-0.39, 0.29) is 5.56 Å². The summed E-state index contributed by atoms with van der Waals surface area (Å²) in [5, 5.41) is 9.05. The fraction of sp³-hybridized carbons (Fsp3) is 0.188. The summed E-state index contributed by atoms with van der Waals surface area (Å²) in [6, 6.07) is 10.2. The number of hydrogen-bond acceptors (Lipinski definition) is 2. The largest absolute Gasteiger partial charge is 0.573 e. The third-order valence-electron chi connectivity index (χ3n) is 3.17. The topological polar surface area (TPSA) is 46.5 Å². The Hall–Kier alpha value is -2.57. The van der Waals surface area contributed by atoms with Crippen LogP contribution in [0.15, 0.2) is 48.5 Å². The van der Waals surface area contributed by atoms with E-state index in [0.29, 0.717) is 5.56 Å². The minimum Gasteiger partial charge on any atom is -0.481 e. The molecule has 0 amide bonds. The van der Waals surface area contributed by atoms with Crippen LogP contribution in [0.1, 0.15) is 23.5 Å². The lowest BCUT2D eigenvalue weighted by Gasteiger charge is -2.20. The van der Waals surface area contributed by atoms with E-state index in [1.807, 2.05) is 0 Å². The smallest absolute Gasteiger partial charge is 0.481 e. The number of aliphatic carboxylic acids is 1. The van der Waals surface area contributed by atoms with Crippen molar-refractivity contribution in [1.29, 1.82) is 0 Å². The SMILES string of the molecule is O=C(O)C[C@@H](c1ccc(F)cc1)c1ccccc1OC(F)(F)F. The van der Waals surface area contributed by atoms with Crippen molar-refractivity contribution in [2.24, 2.45) is 0 Å². The number of rotatable bonds is 5. The molecule has 7 heteroatoms. The molecule has 2 rings (SSSR count). The Morgan fingerprint density at radius 2 is 1.70 bits per heavy atom. The van der Waals surface area contributed by atoms with Crippen LogP contribution in [0.5, 0.6) is 5.75 Å². The van der Waals surface area contributed by atoms with E-state index >= 15 is 0 Å². The van der Waals surface area contributed by atoms with Gasteiger partial charge in [0.15, 0.2) is 0 Å². The molecule has 122 valence electrons. The van der Waals surface area contributed by atoms with Crippen molar-refractivity contribution in [3.63, 3.8) is 0 Å². The fourth-order valence-electron chi connectivity index (χ4n) is 2.26. The van der Waals surface area contributed by atoms with Crippen molar-refractivity contribution >= 4 is 5.97 Å². The zero-order valence-electron chi connectivity index (χ0n) is 11.7. The van der Waals surface area contributed by atoms with Crippen LogP contribution < -0.4 is 4.74 Å². The van der Waals surface area contributed by atoms with Gasteiger partial charge in [0.05, 0.1) is 6.42 Å². The Morgan fingerprint density at radius 3 is 2.26 bits per heavy atom. The number of carboxylic acid groups (broad SMARTS) is 1. The Labute approximate surface area is 129 Å². The summed E-state index contributed by atoms with van der Waals surface area (Å²) in [7, 11) is 0. The lowest BCUT2D eigenvalue weighted by atomic mass is 9.88. The Kier molecular flexibility index (Phi) is 4.88. The van der Waals surface area contributed by atoms with Gasteiger partial charge in [-0.1, -0.05) is 30.3 Å². The van der Waals surface area contributed by atoms with Gasteiger partial charge in [-0.2, -0.15) is 0 Å². The highest BCUT2D eigenvalue weighted by molar-refractivity contribution is 5.69. The first-order valence-corrected chi connectivity index (χ1v) is 6.58. The monoisotopic (exact) mass is 328 g/mol. The van der Waals surface area contributed by atoms with Crippen molar-refractivity contribution in [3.05, 3.63) is 65.5 Å². The second-order valence-electron chi connectivity index (χ2n) is 4.79. The summed E-state index contributed by atoms with van der Waals surface area (Å²) in [6.45, 7) is 0. The van der Waals surface area contributed by atoms with Crippen molar-refractivity contribution in [2.45, 2.75) is 18.7 Å². The highest BCUT2D eigenvalue weighted by Gasteiger charge is 2.33. The van der Waals surface area contributed by atoms with Gasteiger partial charge in [0.25, 0.3) is 0 Å². The molecule has 0 radical (unpaired) electrons. The number of carbonyl (C=O) groups is 1. The van der Waals surface area contributed by atoms with Crippen molar-refractivity contribution in [2.75, 3.05) is 0 Å². The second-order valence-corrected chi connectivity index (χ2v) is 4.79. The van der Waals surface area contributed by atoms with E-state index in [1.54, 1.807) is 0 Å². The van der Waals surface area contributed by atoms with Gasteiger partial charge in [0, 0.05) is 11.5 Å². The number of para-hydroxylation sites is 1. The van der Waals surface area contributed by atoms with E-state index in [2.05, 4.69) is 4.74 Å². The number of benzene rings is 2. The van der Waals surface area contributed by atoms with Gasteiger partial charge in [-0.05, 0) is 23.8 Å². The number of carboxylic acids is 1. The molecule has 0 aliphatic rings. The molecule has 1 atom stereocenters. The maximum atomic E-state index is 13.0.